The Kier molecular flexibility index (Phi) is 4.33. The van der Waals surface area contributed by atoms with Crippen molar-refractivity contribution in [3.8, 4) is 0 Å². The van der Waals surface area contributed by atoms with Crippen LogP contribution in [0.2, 0.25) is 0 Å². The normalized spacial score (nSPS) is 11.9. The summed E-state index contributed by atoms with van der Waals surface area (Å²) in [7, 11) is -3.06. The minimum atomic E-state index is -3.06. The first-order valence-corrected chi connectivity index (χ1v) is 6.95. The first-order valence-electron chi connectivity index (χ1n) is 5.30. The number of rotatable bonds is 5. The second-order valence-electron chi connectivity index (χ2n) is 4.17. The molecule has 0 heterocycles. The maximum Gasteiger partial charge on any atom is 0.178 e. The second kappa shape index (κ2) is 5.31. The smallest absolute Gasteiger partial charge is 0.178 e. The quantitative estimate of drug-likeness (QED) is 0.773. The summed E-state index contributed by atoms with van der Waals surface area (Å²) in [5.41, 5.74) is 0. The summed E-state index contributed by atoms with van der Waals surface area (Å²) in [4.78, 5) is 0.439. The summed E-state index contributed by atoms with van der Waals surface area (Å²) in [6, 6.07) is 8.66. The van der Waals surface area contributed by atoms with Crippen LogP contribution in [0.5, 0.6) is 0 Å². The lowest BCUT2D eigenvalue weighted by Crippen LogP contribution is -2.07. The van der Waals surface area contributed by atoms with Gasteiger partial charge in [0.15, 0.2) is 9.84 Å². The van der Waals surface area contributed by atoms with Crippen molar-refractivity contribution < 1.29 is 8.42 Å². The predicted molar refractivity (Wildman–Crippen MR) is 62.6 cm³/mol. The molecule has 0 fully saturated rings. The van der Waals surface area contributed by atoms with E-state index in [0.717, 1.165) is 12.8 Å². The summed E-state index contributed by atoms with van der Waals surface area (Å²) in [5.74, 6) is 0.825. The van der Waals surface area contributed by atoms with E-state index in [1.165, 1.54) is 0 Å². The molecule has 0 atom stereocenters. The highest BCUT2D eigenvalue weighted by atomic mass is 32.2. The van der Waals surface area contributed by atoms with Gasteiger partial charge in [0.1, 0.15) is 0 Å². The Bertz CT molecular complexity index is 379. The maximum absolute atomic E-state index is 11.8. The van der Waals surface area contributed by atoms with Gasteiger partial charge in [0.05, 0.1) is 10.6 Å². The number of hydrogen-bond acceptors (Lipinski definition) is 2. The van der Waals surface area contributed by atoms with Gasteiger partial charge in [0, 0.05) is 0 Å². The predicted octanol–water partition coefficient (Wildman–Crippen LogP) is 2.90. The molecule has 0 radical (unpaired) electrons. The zero-order valence-electron chi connectivity index (χ0n) is 9.31. The fourth-order valence-corrected chi connectivity index (χ4v) is 2.78. The fraction of sp³-hybridized carbons (Fsp3) is 0.500. The van der Waals surface area contributed by atoms with Gasteiger partial charge >= 0.3 is 0 Å². The third-order valence-electron chi connectivity index (χ3n) is 2.30. The van der Waals surface area contributed by atoms with Gasteiger partial charge in [-0.25, -0.2) is 8.42 Å². The van der Waals surface area contributed by atoms with E-state index in [4.69, 9.17) is 0 Å². The van der Waals surface area contributed by atoms with Crippen LogP contribution in [-0.2, 0) is 9.84 Å². The summed E-state index contributed by atoms with van der Waals surface area (Å²) >= 11 is 0. The van der Waals surface area contributed by atoms with Crippen LogP contribution in [-0.4, -0.2) is 14.2 Å². The first-order chi connectivity index (χ1) is 7.02. The summed E-state index contributed by atoms with van der Waals surface area (Å²) < 4.78 is 23.6. The van der Waals surface area contributed by atoms with Gasteiger partial charge in [-0.15, -0.1) is 0 Å². The van der Waals surface area contributed by atoms with Crippen molar-refractivity contribution in [3.05, 3.63) is 30.3 Å². The van der Waals surface area contributed by atoms with E-state index in [-0.39, 0.29) is 5.75 Å². The Morgan fingerprint density at radius 2 is 1.73 bits per heavy atom. The van der Waals surface area contributed by atoms with Crippen molar-refractivity contribution in [1.82, 2.24) is 0 Å². The van der Waals surface area contributed by atoms with Crippen molar-refractivity contribution in [2.45, 2.75) is 31.6 Å². The van der Waals surface area contributed by atoms with Gasteiger partial charge in [-0.3, -0.25) is 0 Å². The molecule has 0 aliphatic heterocycles. The Morgan fingerprint density at radius 1 is 1.13 bits per heavy atom. The molecular weight excluding hydrogens is 208 g/mol. The maximum atomic E-state index is 11.8. The molecule has 2 nitrogen and oxygen atoms in total. The molecule has 1 aromatic rings. The summed E-state index contributed by atoms with van der Waals surface area (Å²) in [5, 5.41) is 0. The molecular formula is C12H18O2S. The van der Waals surface area contributed by atoms with Crippen molar-refractivity contribution in [2.75, 3.05) is 5.75 Å². The van der Waals surface area contributed by atoms with E-state index in [0.29, 0.717) is 10.8 Å². The van der Waals surface area contributed by atoms with Gasteiger partial charge < -0.3 is 0 Å². The van der Waals surface area contributed by atoms with Gasteiger partial charge in [0.2, 0.25) is 0 Å². The molecule has 0 bridgehead atoms. The van der Waals surface area contributed by atoms with E-state index >= 15 is 0 Å². The first kappa shape index (κ1) is 12.2. The molecule has 3 heteroatoms. The van der Waals surface area contributed by atoms with Crippen molar-refractivity contribution in [2.24, 2.45) is 5.92 Å². The van der Waals surface area contributed by atoms with Crippen LogP contribution in [0.15, 0.2) is 35.2 Å². The molecule has 0 aliphatic rings. The standard InChI is InChI=1S/C12H18O2S/c1-11(2)7-6-10-15(13,14)12-8-4-3-5-9-12/h3-5,8-9,11H,6-7,10H2,1-2H3. The number of hydrogen-bond donors (Lipinski definition) is 0. The molecule has 0 spiro atoms. The highest BCUT2D eigenvalue weighted by molar-refractivity contribution is 7.91. The van der Waals surface area contributed by atoms with E-state index in [1.807, 2.05) is 6.07 Å². The lowest BCUT2D eigenvalue weighted by molar-refractivity contribution is 0.560. The molecule has 0 unspecified atom stereocenters. The van der Waals surface area contributed by atoms with E-state index < -0.39 is 9.84 Å². The number of sulfone groups is 1. The zero-order valence-corrected chi connectivity index (χ0v) is 10.1. The Labute approximate surface area is 92.2 Å². The minimum Gasteiger partial charge on any atom is -0.224 e. The summed E-state index contributed by atoms with van der Waals surface area (Å²) in [6.07, 6.45) is 1.71. The van der Waals surface area contributed by atoms with Crippen molar-refractivity contribution in [1.29, 1.82) is 0 Å². The molecule has 1 rings (SSSR count). The highest BCUT2D eigenvalue weighted by Crippen LogP contribution is 2.13. The Balaban J connectivity index is 2.61. The Morgan fingerprint density at radius 3 is 2.27 bits per heavy atom. The molecule has 15 heavy (non-hydrogen) atoms. The SMILES string of the molecule is CC(C)CCCS(=O)(=O)c1ccccc1. The topological polar surface area (TPSA) is 34.1 Å². The van der Waals surface area contributed by atoms with Crippen molar-refractivity contribution in [3.63, 3.8) is 0 Å². The van der Waals surface area contributed by atoms with Crippen molar-refractivity contribution >= 4 is 9.84 Å². The fourth-order valence-electron chi connectivity index (χ4n) is 1.43. The molecule has 0 aliphatic carbocycles. The van der Waals surface area contributed by atoms with Crippen LogP contribution in [0.3, 0.4) is 0 Å². The van der Waals surface area contributed by atoms with Crippen LogP contribution in [0.4, 0.5) is 0 Å². The summed E-state index contributed by atoms with van der Waals surface area (Å²) in [6.45, 7) is 4.21. The molecule has 0 aromatic heterocycles. The third-order valence-corrected chi connectivity index (χ3v) is 4.11. The monoisotopic (exact) mass is 226 g/mol. The highest BCUT2D eigenvalue weighted by Gasteiger charge is 2.13. The third kappa shape index (κ3) is 4.04. The number of benzene rings is 1. The van der Waals surface area contributed by atoms with Gasteiger partial charge in [-0.2, -0.15) is 0 Å². The van der Waals surface area contributed by atoms with E-state index in [1.54, 1.807) is 24.3 Å². The molecule has 84 valence electrons. The second-order valence-corrected chi connectivity index (χ2v) is 6.28. The van der Waals surface area contributed by atoms with Crippen LogP contribution < -0.4 is 0 Å². The average Bonchev–Trinajstić information content (AvgIpc) is 2.18. The van der Waals surface area contributed by atoms with E-state index in [2.05, 4.69) is 13.8 Å². The Hall–Kier alpha value is -0.830. The van der Waals surface area contributed by atoms with Crippen LogP contribution in [0.1, 0.15) is 26.7 Å². The average molecular weight is 226 g/mol. The van der Waals surface area contributed by atoms with Crippen LogP contribution in [0, 0.1) is 5.92 Å². The minimum absolute atomic E-state index is 0.259. The lowest BCUT2D eigenvalue weighted by atomic mass is 10.1. The molecule has 1 aromatic carbocycles. The molecule has 0 saturated heterocycles. The molecule has 0 saturated carbocycles. The van der Waals surface area contributed by atoms with Gasteiger partial charge in [-0.1, -0.05) is 32.0 Å². The zero-order chi connectivity index (χ0) is 11.3. The van der Waals surface area contributed by atoms with Crippen LogP contribution in [0.25, 0.3) is 0 Å². The van der Waals surface area contributed by atoms with Crippen LogP contribution >= 0.6 is 0 Å². The molecule has 0 N–H and O–H groups in total. The van der Waals surface area contributed by atoms with Gasteiger partial charge in [-0.05, 0) is 30.9 Å². The largest absolute Gasteiger partial charge is 0.224 e. The van der Waals surface area contributed by atoms with E-state index in [9.17, 15) is 8.42 Å². The molecule has 0 amide bonds. The lowest BCUT2D eigenvalue weighted by Gasteiger charge is -2.05. The van der Waals surface area contributed by atoms with Gasteiger partial charge in [0.25, 0.3) is 0 Å².